The van der Waals surface area contributed by atoms with E-state index in [9.17, 15) is 4.79 Å². The zero-order valence-electron chi connectivity index (χ0n) is 17.8. The minimum atomic E-state index is -0.264. The second kappa shape index (κ2) is 9.36. The van der Waals surface area contributed by atoms with Gasteiger partial charge >= 0.3 is 0 Å². The highest BCUT2D eigenvalue weighted by Gasteiger charge is 2.29. The van der Waals surface area contributed by atoms with E-state index >= 15 is 0 Å². The van der Waals surface area contributed by atoms with Gasteiger partial charge in [-0.1, -0.05) is 0 Å². The zero-order valence-corrected chi connectivity index (χ0v) is 17.8. The Morgan fingerprint density at radius 3 is 2.74 bits per heavy atom. The molecule has 1 saturated carbocycles. The number of hydrogen-bond acceptors (Lipinski definition) is 7. The first kappa shape index (κ1) is 20.5. The van der Waals surface area contributed by atoms with E-state index in [2.05, 4.69) is 15.2 Å². The smallest absolute Gasteiger partial charge is 0.249 e. The maximum absolute atomic E-state index is 12.3. The lowest BCUT2D eigenvalue weighted by Gasteiger charge is -2.31. The lowest BCUT2D eigenvalue weighted by atomic mass is 9.92. The van der Waals surface area contributed by atoms with E-state index in [1.807, 2.05) is 18.2 Å². The first-order chi connectivity index (χ1) is 15.3. The van der Waals surface area contributed by atoms with Gasteiger partial charge in [-0.15, -0.1) is 0 Å². The highest BCUT2D eigenvalue weighted by molar-refractivity contribution is 5.85. The van der Waals surface area contributed by atoms with Gasteiger partial charge in [-0.05, 0) is 50.7 Å². The van der Waals surface area contributed by atoms with Gasteiger partial charge in [0.15, 0.2) is 0 Å². The second-order valence-corrected chi connectivity index (χ2v) is 8.56. The van der Waals surface area contributed by atoms with Crippen molar-refractivity contribution in [3.05, 3.63) is 24.4 Å². The Bertz CT molecular complexity index is 904. The maximum atomic E-state index is 12.3. The van der Waals surface area contributed by atoms with Crippen LogP contribution < -0.4 is 15.0 Å². The van der Waals surface area contributed by atoms with Crippen molar-refractivity contribution in [2.75, 3.05) is 37.8 Å². The summed E-state index contributed by atoms with van der Waals surface area (Å²) in [6, 6.07) is 6.16. The molecule has 1 unspecified atom stereocenters. The van der Waals surface area contributed by atoms with Crippen molar-refractivity contribution in [3.63, 3.8) is 0 Å². The van der Waals surface area contributed by atoms with Crippen LogP contribution in [0.4, 0.5) is 5.82 Å². The molecule has 0 spiro atoms. The van der Waals surface area contributed by atoms with E-state index in [1.54, 1.807) is 6.20 Å². The van der Waals surface area contributed by atoms with Gasteiger partial charge < -0.3 is 24.4 Å². The molecule has 3 fully saturated rings. The number of morpholine rings is 1. The lowest BCUT2D eigenvalue weighted by Crippen LogP contribution is -2.44. The van der Waals surface area contributed by atoms with Crippen molar-refractivity contribution < 1.29 is 19.0 Å². The first-order valence-electron chi connectivity index (χ1n) is 11.4. The van der Waals surface area contributed by atoms with E-state index < -0.39 is 0 Å². The van der Waals surface area contributed by atoms with Crippen LogP contribution in [-0.2, 0) is 14.3 Å². The van der Waals surface area contributed by atoms with E-state index in [0.29, 0.717) is 25.7 Å². The van der Waals surface area contributed by atoms with E-state index in [1.165, 1.54) is 0 Å². The molecule has 5 rings (SSSR count). The van der Waals surface area contributed by atoms with Crippen molar-refractivity contribution >= 4 is 22.6 Å². The third kappa shape index (κ3) is 4.75. The highest BCUT2D eigenvalue weighted by atomic mass is 16.5. The van der Waals surface area contributed by atoms with Gasteiger partial charge in [-0.25, -0.2) is 0 Å². The summed E-state index contributed by atoms with van der Waals surface area (Å²) < 4.78 is 17.4. The largest absolute Gasteiger partial charge is 0.474 e. The number of ether oxygens (including phenoxy) is 3. The average Bonchev–Trinajstić information content (AvgIpc) is 3.36. The third-order valence-electron chi connectivity index (χ3n) is 6.41. The molecule has 2 aromatic heterocycles. The molecule has 1 N–H and O–H groups in total. The van der Waals surface area contributed by atoms with E-state index in [0.717, 1.165) is 68.3 Å². The van der Waals surface area contributed by atoms with Crippen molar-refractivity contribution in [3.8, 4) is 5.88 Å². The van der Waals surface area contributed by atoms with Crippen molar-refractivity contribution in [2.24, 2.45) is 0 Å². The Kier molecular flexibility index (Phi) is 6.18. The fourth-order valence-corrected chi connectivity index (χ4v) is 4.64. The molecule has 2 saturated heterocycles. The number of anilines is 1. The van der Waals surface area contributed by atoms with Crippen molar-refractivity contribution in [1.29, 1.82) is 0 Å². The molecular formula is C23H30N4O4. The number of aromatic nitrogens is 2. The molecule has 1 aliphatic carbocycles. The number of nitrogens with zero attached hydrogens (tertiary/aromatic N) is 3. The van der Waals surface area contributed by atoms with Crippen LogP contribution >= 0.6 is 0 Å². The summed E-state index contributed by atoms with van der Waals surface area (Å²) in [5.41, 5.74) is 0.895. The van der Waals surface area contributed by atoms with Crippen molar-refractivity contribution in [2.45, 2.75) is 56.8 Å². The fraction of sp³-hybridized carbons (Fsp3) is 0.609. The summed E-state index contributed by atoms with van der Waals surface area (Å²) in [5, 5.41) is 4.10. The van der Waals surface area contributed by atoms with E-state index in [-0.39, 0.29) is 24.2 Å². The summed E-state index contributed by atoms with van der Waals surface area (Å²) in [6.45, 7) is 3.75. The van der Waals surface area contributed by atoms with Gasteiger partial charge in [0.1, 0.15) is 18.0 Å². The quantitative estimate of drug-likeness (QED) is 0.786. The summed E-state index contributed by atoms with van der Waals surface area (Å²) in [6.07, 6.45) is 7.02. The molecule has 0 aromatic carbocycles. The van der Waals surface area contributed by atoms with Gasteiger partial charge in [0.2, 0.25) is 11.8 Å². The molecule has 8 nitrogen and oxygen atoms in total. The molecular weight excluding hydrogens is 396 g/mol. The molecule has 31 heavy (non-hydrogen) atoms. The summed E-state index contributed by atoms with van der Waals surface area (Å²) in [4.78, 5) is 23.9. The number of rotatable bonds is 5. The third-order valence-corrected chi connectivity index (χ3v) is 6.41. The zero-order chi connectivity index (χ0) is 21.0. The Labute approximate surface area is 182 Å². The van der Waals surface area contributed by atoms with Gasteiger partial charge in [0.25, 0.3) is 0 Å². The van der Waals surface area contributed by atoms with Gasteiger partial charge in [-0.3, -0.25) is 9.78 Å². The summed E-state index contributed by atoms with van der Waals surface area (Å²) >= 11 is 0. The predicted molar refractivity (Wildman–Crippen MR) is 116 cm³/mol. The molecule has 0 bridgehead atoms. The molecule has 8 heteroatoms. The van der Waals surface area contributed by atoms with Crippen LogP contribution in [-0.4, -0.2) is 67.0 Å². The van der Waals surface area contributed by atoms with Crippen molar-refractivity contribution in [1.82, 2.24) is 15.3 Å². The molecule has 4 heterocycles. The van der Waals surface area contributed by atoms with Gasteiger partial charge in [0.05, 0.1) is 24.1 Å². The Balaban J connectivity index is 1.24. The molecule has 1 amide bonds. The SMILES string of the molecule is O=C(NC1CCC(Oc2nc(N3CCOCC3)cc3ncccc23)CC1)C1CCCO1. The normalized spacial score (nSPS) is 26.7. The Morgan fingerprint density at radius 2 is 1.97 bits per heavy atom. The first-order valence-corrected chi connectivity index (χ1v) is 11.4. The van der Waals surface area contributed by atoms with Gasteiger partial charge in [-0.2, -0.15) is 4.98 Å². The van der Waals surface area contributed by atoms with Crippen LogP contribution in [0.25, 0.3) is 10.9 Å². The van der Waals surface area contributed by atoms with Crippen LogP contribution in [0.5, 0.6) is 5.88 Å². The molecule has 2 aliphatic heterocycles. The number of fused-ring (bicyclic) bond motifs is 1. The number of carbonyl (C=O) groups is 1. The maximum Gasteiger partial charge on any atom is 0.249 e. The minimum Gasteiger partial charge on any atom is -0.474 e. The number of nitrogens with one attached hydrogen (secondary N) is 1. The van der Waals surface area contributed by atoms with Crippen LogP contribution in [0.3, 0.4) is 0 Å². The predicted octanol–water partition coefficient (Wildman–Crippen LogP) is 2.45. The highest BCUT2D eigenvalue weighted by Crippen LogP contribution is 2.31. The number of amides is 1. The number of hydrogen-bond donors (Lipinski definition) is 1. The summed E-state index contributed by atoms with van der Waals surface area (Å²) in [7, 11) is 0. The van der Waals surface area contributed by atoms with Gasteiger partial charge in [0, 0.05) is 38.0 Å². The monoisotopic (exact) mass is 426 g/mol. The van der Waals surface area contributed by atoms with E-state index in [4.69, 9.17) is 19.2 Å². The topological polar surface area (TPSA) is 85.8 Å². The van der Waals surface area contributed by atoms with Crippen LogP contribution in [0.1, 0.15) is 38.5 Å². The van der Waals surface area contributed by atoms with Crippen LogP contribution in [0, 0.1) is 0 Å². The molecule has 0 radical (unpaired) electrons. The minimum absolute atomic E-state index is 0.0406. The second-order valence-electron chi connectivity index (χ2n) is 8.56. The molecule has 1 atom stereocenters. The number of carbonyl (C=O) groups excluding carboxylic acids is 1. The number of pyridine rings is 2. The summed E-state index contributed by atoms with van der Waals surface area (Å²) in [5.74, 6) is 1.58. The Morgan fingerprint density at radius 1 is 1.13 bits per heavy atom. The molecule has 3 aliphatic rings. The average molecular weight is 427 g/mol. The molecule has 2 aromatic rings. The van der Waals surface area contributed by atoms with Crippen LogP contribution in [0.2, 0.25) is 0 Å². The molecule has 166 valence electrons. The van der Waals surface area contributed by atoms with Crippen LogP contribution in [0.15, 0.2) is 24.4 Å². The Hall–Kier alpha value is -2.45. The lowest BCUT2D eigenvalue weighted by molar-refractivity contribution is -0.131. The standard InChI is InChI=1S/C23H30N4O4/c28-22(20-4-2-12-30-20)25-16-5-7-17(8-6-16)31-23-18-3-1-9-24-19(18)15-21(26-23)27-10-13-29-14-11-27/h1,3,9,15-17,20H,2,4-8,10-14H2,(H,25,28). The fourth-order valence-electron chi connectivity index (χ4n) is 4.64.